The molecule has 0 fully saturated rings. The number of aromatic nitrogens is 2. The molecule has 1 rings (SSSR count). The number of nitrogens with zero attached hydrogens (tertiary/aromatic N) is 4. The molecular formula is C10H12N4O2. The van der Waals surface area contributed by atoms with E-state index in [0.29, 0.717) is 18.8 Å². The van der Waals surface area contributed by atoms with Crippen LogP contribution >= 0.6 is 0 Å². The Bertz CT molecular complexity index is 396. The van der Waals surface area contributed by atoms with Crippen LogP contribution in [-0.4, -0.2) is 34.6 Å². The lowest BCUT2D eigenvalue weighted by atomic mass is 10.3. The van der Waals surface area contributed by atoms with Crippen molar-refractivity contribution in [2.75, 3.05) is 18.5 Å². The largest absolute Gasteiger partial charge is 0.481 e. The predicted molar refractivity (Wildman–Crippen MR) is 56.9 cm³/mol. The smallest absolute Gasteiger partial charge is 0.303 e. The first-order valence-electron chi connectivity index (χ1n) is 4.78. The molecule has 0 saturated carbocycles. The first kappa shape index (κ1) is 11.9. The Hall–Kier alpha value is -2.16. The fraction of sp³-hybridized carbons (Fsp3) is 0.400. The first-order valence-corrected chi connectivity index (χ1v) is 4.78. The number of hydrogen-bond acceptors (Lipinski definition) is 5. The van der Waals surface area contributed by atoms with E-state index in [1.165, 1.54) is 12.4 Å². The van der Waals surface area contributed by atoms with Crippen LogP contribution in [0.1, 0.15) is 18.5 Å². The monoisotopic (exact) mass is 220 g/mol. The number of rotatable bonds is 5. The Morgan fingerprint density at radius 2 is 2.31 bits per heavy atom. The number of carbonyl (C=O) groups is 1. The summed E-state index contributed by atoms with van der Waals surface area (Å²) >= 11 is 0. The average Bonchev–Trinajstić information content (AvgIpc) is 2.28. The molecule has 0 atom stereocenters. The van der Waals surface area contributed by atoms with E-state index in [-0.39, 0.29) is 12.1 Å². The lowest BCUT2D eigenvalue weighted by Gasteiger charge is -2.16. The number of anilines is 1. The van der Waals surface area contributed by atoms with E-state index in [2.05, 4.69) is 9.97 Å². The highest BCUT2D eigenvalue weighted by molar-refractivity contribution is 5.66. The highest BCUT2D eigenvalue weighted by Gasteiger charge is 2.04. The molecular weight excluding hydrogens is 208 g/mol. The molecule has 84 valence electrons. The summed E-state index contributed by atoms with van der Waals surface area (Å²) in [4.78, 5) is 20.0. The summed E-state index contributed by atoms with van der Waals surface area (Å²) in [6.07, 6.45) is 3.57. The summed E-state index contributed by atoms with van der Waals surface area (Å²) in [7, 11) is 1.80. The normalized spacial score (nSPS) is 9.50. The third kappa shape index (κ3) is 3.53. The Labute approximate surface area is 93.2 Å². The first-order chi connectivity index (χ1) is 7.63. The number of carboxylic acids is 1. The average molecular weight is 220 g/mol. The van der Waals surface area contributed by atoms with Gasteiger partial charge in [-0.25, -0.2) is 9.97 Å². The molecule has 0 aliphatic rings. The number of aliphatic carboxylic acids is 1. The van der Waals surface area contributed by atoms with Gasteiger partial charge in [0.2, 0.25) is 0 Å². The molecule has 16 heavy (non-hydrogen) atoms. The standard InChI is InChI=1S/C10H12N4O2/c1-14(4-2-3-10(15)16)9-7-12-8(5-11)6-13-9/h6-7H,2-4H2,1H3,(H,15,16). The summed E-state index contributed by atoms with van der Waals surface area (Å²) in [5.41, 5.74) is 0.266. The van der Waals surface area contributed by atoms with Crippen LogP contribution in [0.4, 0.5) is 5.82 Å². The minimum absolute atomic E-state index is 0.133. The SMILES string of the molecule is CN(CCCC(=O)O)c1cnc(C#N)cn1. The van der Waals surface area contributed by atoms with Crippen LogP contribution in [0.5, 0.6) is 0 Å². The van der Waals surface area contributed by atoms with E-state index < -0.39 is 5.97 Å². The van der Waals surface area contributed by atoms with Crippen molar-refractivity contribution in [2.24, 2.45) is 0 Å². The molecule has 0 aromatic carbocycles. The van der Waals surface area contributed by atoms with E-state index >= 15 is 0 Å². The summed E-state index contributed by atoms with van der Waals surface area (Å²) < 4.78 is 0. The van der Waals surface area contributed by atoms with Gasteiger partial charge in [-0.1, -0.05) is 0 Å². The summed E-state index contributed by atoms with van der Waals surface area (Å²) in [6.45, 7) is 0.590. The van der Waals surface area contributed by atoms with Gasteiger partial charge < -0.3 is 10.0 Å². The van der Waals surface area contributed by atoms with Crippen molar-refractivity contribution < 1.29 is 9.90 Å². The van der Waals surface area contributed by atoms with Gasteiger partial charge in [0, 0.05) is 20.0 Å². The second kappa shape index (κ2) is 5.66. The molecule has 1 aromatic rings. The Kier molecular flexibility index (Phi) is 4.21. The zero-order chi connectivity index (χ0) is 12.0. The topological polar surface area (TPSA) is 90.1 Å². The van der Waals surface area contributed by atoms with E-state index in [9.17, 15) is 4.79 Å². The maximum absolute atomic E-state index is 10.3. The second-order valence-corrected chi connectivity index (χ2v) is 3.29. The molecule has 0 amide bonds. The Morgan fingerprint density at radius 3 is 2.81 bits per heavy atom. The Balaban J connectivity index is 2.49. The van der Waals surface area contributed by atoms with Crippen LogP contribution in [-0.2, 0) is 4.79 Å². The maximum Gasteiger partial charge on any atom is 0.303 e. The number of hydrogen-bond donors (Lipinski definition) is 1. The minimum Gasteiger partial charge on any atom is -0.481 e. The lowest BCUT2D eigenvalue weighted by Crippen LogP contribution is -2.20. The van der Waals surface area contributed by atoms with Crippen molar-refractivity contribution in [3.05, 3.63) is 18.1 Å². The lowest BCUT2D eigenvalue weighted by molar-refractivity contribution is -0.137. The third-order valence-electron chi connectivity index (χ3n) is 2.03. The molecule has 0 saturated heterocycles. The second-order valence-electron chi connectivity index (χ2n) is 3.29. The molecule has 1 N–H and O–H groups in total. The van der Waals surface area contributed by atoms with E-state index in [1.54, 1.807) is 11.9 Å². The van der Waals surface area contributed by atoms with Crippen LogP contribution in [0.2, 0.25) is 0 Å². The van der Waals surface area contributed by atoms with Crippen LogP contribution in [0.25, 0.3) is 0 Å². The van der Waals surface area contributed by atoms with Crippen molar-refractivity contribution in [3.63, 3.8) is 0 Å². The molecule has 0 bridgehead atoms. The van der Waals surface area contributed by atoms with Crippen LogP contribution in [0.3, 0.4) is 0 Å². The van der Waals surface area contributed by atoms with Gasteiger partial charge in [0.25, 0.3) is 0 Å². The van der Waals surface area contributed by atoms with Crippen molar-refractivity contribution in [2.45, 2.75) is 12.8 Å². The Morgan fingerprint density at radius 1 is 1.56 bits per heavy atom. The quantitative estimate of drug-likeness (QED) is 0.783. The van der Waals surface area contributed by atoms with Gasteiger partial charge >= 0.3 is 5.97 Å². The molecule has 1 heterocycles. The fourth-order valence-electron chi connectivity index (χ4n) is 1.16. The van der Waals surface area contributed by atoms with Gasteiger partial charge in [-0.05, 0) is 6.42 Å². The summed E-state index contributed by atoms with van der Waals surface area (Å²) in [6, 6.07) is 1.88. The molecule has 6 nitrogen and oxygen atoms in total. The van der Waals surface area contributed by atoms with Gasteiger partial charge in [-0.2, -0.15) is 5.26 Å². The number of carboxylic acid groups (broad SMARTS) is 1. The van der Waals surface area contributed by atoms with Crippen molar-refractivity contribution >= 4 is 11.8 Å². The molecule has 0 spiro atoms. The fourth-order valence-corrected chi connectivity index (χ4v) is 1.16. The van der Waals surface area contributed by atoms with E-state index in [1.807, 2.05) is 6.07 Å². The third-order valence-corrected chi connectivity index (χ3v) is 2.03. The van der Waals surface area contributed by atoms with Gasteiger partial charge in [0.15, 0.2) is 5.69 Å². The minimum atomic E-state index is -0.806. The molecule has 1 aromatic heterocycles. The predicted octanol–water partition coefficient (Wildman–Crippen LogP) is 0.649. The highest BCUT2D eigenvalue weighted by atomic mass is 16.4. The molecule has 0 aliphatic heterocycles. The molecule has 0 unspecified atom stereocenters. The maximum atomic E-state index is 10.3. The van der Waals surface area contributed by atoms with Crippen molar-refractivity contribution in [1.82, 2.24) is 9.97 Å². The molecule has 0 aliphatic carbocycles. The van der Waals surface area contributed by atoms with E-state index in [4.69, 9.17) is 10.4 Å². The van der Waals surface area contributed by atoms with Crippen molar-refractivity contribution in [1.29, 1.82) is 5.26 Å². The highest BCUT2D eigenvalue weighted by Crippen LogP contribution is 2.07. The zero-order valence-corrected chi connectivity index (χ0v) is 8.92. The van der Waals surface area contributed by atoms with E-state index in [0.717, 1.165) is 0 Å². The molecule has 6 heteroatoms. The summed E-state index contributed by atoms with van der Waals surface area (Å²) in [5, 5.41) is 17.0. The van der Waals surface area contributed by atoms with Gasteiger partial charge in [-0.15, -0.1) is 0 Å². The zero-order valence-electron chi connectivity index (χ0n) is 8.92. The van der Waals surface area contributed by atoms with Gasteiger partial charge in [0.05, 0.1) is 12.4 Å². The number of nitriles is 1. The summed E-state index contributed by atoms with van der Waals surface area (Å²) in [5.74, 6) is -0.177. The molecule has 0 radical (unpaired) electrons. The van der Waals surface area contributed by atoms with Gasteiger partial charge in [0.1, 0.15) is 11.9 Å². The van der Waals surface area contributed by atoms with Crippen LogP contribution in [0, 0.1) is 11.3 Å². The van der Waals surface area contributed by atoms with Crippen LogP contribution in [0.15, 0.2) is 12.4 Å². The van der Waals surface area contributed by atoms with Gasteiger partial charge in [-0.3, -0.25) is 4.79 Å². The van der Waals surface area contributed by atoms with Crippen LogP contribution < -0.4 is 4.90 Å². The van der Waals surface area contributed by atoms with Crippen molar-refractivity contribution in [3.8, 4) is 6.07 Å².